The molecule has 2 aromatic rings. The van der Waals surface area contributed by atoms with Gasteiger partial charge in [-0.3, -0.25) is 0 Å². The van der Waals surface area contributed by atoms with E-state index in [1.165, 1.54) is 48.5 Å². The van der Waals surface area contributed by atoms with Gasteiger partial charge in [-0.1, -0.05) is 31.2 Å². The summed E-state index contributed by atoms with van der Waals surface area (Å²) in [5.74, 6) is 0. The lowest BCUT2D eigenvalue weighted by atomic mass is 9.78. The van der Waals surface area contributed by atoms with Crippen molar-refractivity contribution in [2.75, 3.05) is 24.5 Å². The van der Waals surface area contributed by atoms with Gasteiger partial charge in [0, 0.05) is 17.1 Å². The average Bonchev–Trinajstić information content (AvgIpc) is 3.06. The van der Waals surface area contributed by atoms with Crippen molar-refractivity contribution >= 4 is 17.0 Å². The van der Waals surface area contributed by atoms with Crippen molar-refractivity contribution in [3.8, 4) is 0 Å². The summed E-state index contributed by atoms with van der Waals surface area (Å²) in [7, 11) is 0. The van der Waals surface area contributed by atoms with Crippen molar-refractivity contribution in [2.45, 2.75) is 39.7 Å². The highest BCUT2D eigenvalue weighted by Crippen LogP contribution is 2.33. The monoisotopic (exact) mass is 328 g/mol. The Bertz CT molecular complexity index is 600. The van der Waals surface area contributed by atoms with Crippen molar-refractivity contribution < 1.29 is 0 Å². The SMILES string of the molecule is Cc1ccccc1N(CCC1(C)CCNCC1)Cc1cccs1. The standard InChI is InChI=1S/C20H28N2S/c1-17-6-3-4-8-19(17)22(16-18-7-5-15-23-18)14-11-20(2)9-12-21-13-10-20/h3-8,15,21H,9-14,16H2,1-2H3. The number of nitrogens with one attached hydrogen (secondary N) is 1. The summed E-state index contributed by atoms with van der Waals surface area (Å²) >= 11 is 1.86. The average molecular weight is 329 g/mol. The number of hydrogen-bond donors (Lipinski definition) is 1. The van der Waals surface area contributed by atoms with E-state index in [1.54, 1.807) is 0 Å². The lowest BCUT2D eigenvalue weighted by molar-refractivity contribution is 0.214. The Kier molecular flexibility index (Phi) is 5.39. The zero-order valence-electron chi connectivity index (χ0n) is 14.3. The molecule has 1 aliphatic rings. The molecular formula is C20H28N2S. The summed E-state index contributed by atoms with van der Waals surface area (Å²) in [5.41, 5.74) is 3.25. The number of aryl methyl sites for hydroxylation is 1. The first-order valence-corrected chi connectivity index (χ1v) is 9.58. The van der Waals surface area contributed by atoms with Crippen LogP contribution in [0.4, 0.5) is 5.69 Å². The fourth-order valence-corrected chi connectivity index (χ4v) is 4.20. The van der Waals surface area contributed by atoms with Crippen LogP contribution in [0.1, 0.15) is 36.6 Å². The molecule has 0 saturated carbocycles. The third kappa shape index (κ3) is 4.36. The predicted octanol–water partition coefficient (Wildman–Crippen LogP) is 4.84. The van der Waals surface area contributed by atoms with Gasteiger partial charge in [0.15, 0.2) is 0 Å². The number of nitrogens with zero attached hydrogens (tertiary/aromatic N) is 1. The van der Waals surface area contributed by atoms with Crippen molar-refractivity contribution in [1.29, 1.82) is 0 Å². The molecule has 3 rings (SSSR count). The molecule has 1 saturated heterocycles. The van der Waals surface area contributed by atoms with E-state index >= 15 is 0 Å². The van der Waals surface area contributed by atoms with Crippen LogP contribution in [0.5, 0.6) is 0 Å². The van der Waals surface area contributed by atoms with Crippen molar-refractivity contribution in [2.24, 2.45) is 5.41 Å². The first-order chi connectivity index (χ1) is 11.2. The minimum absolute atomic E-state index is 0.488. The van der Waals surface area contributed by atoms with Gasteiger partial charge in [0.1, 0.15) is 0 Å². The van der Waals surface area contributed by atoms with Crippen LogP contribution < -0.4 is 10.2 Å². The fraction of sp³-hybridized carbons (Fsp3) is 0.500. The van der Waals surface area contributed by atoms with E-state index in [0.717, 1.165) is 13.1 Å². The Morgan fingerprint density at radius 2 is 1.91 bits per heavy atom. The predicted molar refractivity (Wildman–Crippen MR) is 101 cm³/mol. The number of piperidine rings is 1. The van der Waals surface area contributed by atoms with Crippen LogP contribution in [-0.2, 0) is 6.54 Å². The number of benzene rings is 1. The first-order valence-electron chi connectivity index (χ1n) is 8.70. The van der Waals surface area contributed by atoms with Gasteiger partial charge in [0.05, 0.1) is 6.54 Å². The molecule has 1 aromatic heterocycles. The van der Waals surface area contributed by atoms with Gasteiger partial charge in [-0.2, -0.15) is 0 Å². The van der Waals surface area contributed by atoms with Crippen LogP contribution in [-0.4, -0.2) is 19.6 Å². The summed E-state index contributed by atoms with van der Waals surface area (Å²) < 4.78 is 0. The summed E-state index contributed by atoms with van der Waals surface area (Å²) in [6.07, 6.45) is 3.87. The van der Waals surface area contributed by atoms with Crippen LogP contribution in [0.2, 0.25) is 0 Å². The topological polar surface area (TPSA) is 15.3 Å². The molecule has 0 unspecified atom stereocenters. The molecule has 0 spiro atoms. The Hall–Kier alpha value is -1.32. The van der Waals surface area contributed by atoms with Crippen molar-refractivity contribution in [3.05, 3.63) is 52.2 Å². The molecule has 0 amide bonds. The maximum absolute atomic E-state index is 3.49. The second kappa shape index (κ2) is 7.50. The van der Waals surface area contributed by atoms with E-state index in [9.17, 15) is 0 Å². The van der Waals surface area contributed by atoms with Gasteiger partial charge in [-0.25, -0.2) is 0 Å². The van der Waals surface area contributed by atoms with Crippen molar-refractivity contribution in [3.63, 3.8) is 0 Å². The summed E-state index contributed by atoms with van der Waals surface area (Å²) in [4.78, 5) is 4.03. The Labute approximate surface area is 144 Å². The zero-order valence-corrected chi connectivity index (χ0v) is 15.2. The molecule has 0 atom stereocenters. The van der Waals surface area contributed by atoms with Gasteiger partial charge >= 0.3 is 0 Å². The Balaban J connectivity index is 1.73. The van der Waals surface area contributed by atoms with Crippen LogP contribution in [0, 0.1) is 12.3 Å². The molecule has 3 heteroatoms. The molecule has 1 fully saturated rings. The molecule has 1 aromatic carbocycles. The molecule has 23 heavy (non-hydrogen) atoms. The highest BCUT2D eigenvalue weighted by atomic mass is 32.1. The quantitative estimate of drug-likeness (QED) is 0.816. The van der Waals surface area contributed by atoms with E-state index in [-0.39, 0.29) is 0 Å². The molecule has 0 aliphatic carbocycles. The lowest BCUT2D eigenvalue weighted by Crippen LogP contribution is -2.37. The van der Waals surface area contributed by atoms with Gasteiger partial charge < -0.3 is 10.2 Å². The minimum Gasteiger partial charge on any atom is -0.366 e. The normalized spacial score (nSPS) is 17.1. The van der Waals surface area contributed by atoms with Gasteiger partial charge in [0.2, 0.25) is 0 Å². The number of para-hydroxylation sites is 1. The van der Waals surface area contributed by atoms with E-state index in [0.29, 0.717) is 5.41 Å². The number of rotatable bonds is 6. The molecule has 1 N–H and O–H groups in total. The van der Waals surface area contributed by atoms with Crippen LogP contribution >= 0.6 is 11.3 Å². The highest BCUT2D eigenvalue weighted by molar-refractivity contribution is 7.09. The van der Waals surface area contributed by atoms with Gasteiger partial charge in [-0.15, -0.1) is 11.3 Å². The van der Waals surface area contributed by atoms with E-state index in [1.807, 2.05) is 11.3 Å². The van der Waals surface area contributed by atoms with Crippen LogP contribution in [0.25, 0.3) is 0 Å². The molecule has 0 radical (unpaired) electrons. The molecule has 1 aliphatic heterocycles. The maximum Gasteiger partial charge on any atom is 0.0522 e. The highest BCUT2D eigenvalue weighted by Gasteiger charge is 2.27. The summed E-state index contributed by atoms with van der Waals surface area (Å²) in [5, 5.41) is 5.67. The number of hydrogen-bond acceptors (Lipinski definition) is 3. The smallest absolute Gasteiger partial charge is 0.0522 e. The molecule has 2 nitrogen and oxygen atoms in total. The Morgan fingerprint density at radius 3 is 2.61 bits per heavy atom. The molecule has 2 heterocycles. The fourth-order valence-electron chi connectivity index (χ4n) is 3.48. The lowest BCUT2D eigenvalue weighted by Gasteiger charge is -2.37. The van der Waals surface area contributed by atoms with Gasteiger partial charge in [-0.05, 0) is 67.8 Å². The number of thiophene rings is 1. The second-order valence-electron chi connectivity index (χ2n) is 7.10. The second-order valence-corrected chi connectivity index (χ2v) is 8.13. The Morgan fingerprint density at radius 1 is 1.13 bits per heavy atom. The molecule has 124 valence electrons. The van der Waals surface area contributed by atoms with E-state index in [2.05, 4.69) is 65.8 Å². The van der Waals surface area contributed by atoms with Crippen LogP contribution in [0.15, 0.2) is 41.8 Å². The minimum atomic E-state index is 0.488. The number of anilines is 1. The van der Waals surface area contributed by atoms with Crippen molar-refractivity contribution in [1.82, 2.24) is 5.32 Å². The first kappa shape index (κ1) is 16.5. The van der Waals surface area contributed by atoms with E-state index in [4.69, 9.17) is 0 Å². The largest absolute Gasteiger partial charge is 0.366 e. The third-order valence-electron chi connectivity index (χ3n) is 5.18. The van der Waals surface area contributed by atoms with Crippen LogP contribution in [0.3, 0.4) is 0 Å². The molecular weight excluding hydrogens is 300 g/mol. The van der Waals surface area contributed by atoms with E-state index < -0.39 is 0 Å². The zero-order chi connectivity index (χ0) is 16.1. The third-order valence-corrected chi connectivity index (χ3v) is 6.04. The molecule has 0 bridgehead atoms. The maximum atomic E-state index is 3.49. The summed E-state index contributed by atoms with van der Waals surface area (Å²) in [6, 6.07) is 13.2. The summed E-state index contributed by atoms with van der Waals surface area (Å²) in [6.45, 7) is 9.20. The van der Waals surface area contributed by atoms with Gasteiger partial charge in [0.25, 0.3) is 0 Å².